The molecular weight excluding hydrogens is 287 g/mol. The van der Waals surface area contributed by atoms with Crippen molar-refractivity contribution in [2.24, 2.45) is 0 Å². The predicted octanol–water partition coefficient (Wildman–Crippen LogP) is 2.59. The van der Waals surface area contributed by atoms with Crippen LogP contribution in [-0.2, 0) is 0 Å². The van der Waals surface area contributed by atoms with E-state index in [1.165, 1.54) is 6.07 Å². The van der Waals surface area contributed by atoms with Crippen molar-refractivity contribution in [1.29, 1.82) is 5.26 Å². The fourth-order valence-corrected chi connectivity index (χ4v) is 2.22. The molecule has 17 heavy (non-hydrogen) atoms. The van der Waals surface area contributed by atoms with Gasteiger partial charge in [0.2, 0.25) is 0 Å². The molecule has 0 radical (unpaired) electrons. The molecule has 0 unspecified atom stereocenters. The lowest BCUT2D eigenvalue weighted by atomic mass is 10.1. The monoisotopic (exact) mass is 298 g/mol. The maximum absolute atomic E-state index is 13.9. The summed E-state index contributed by atoms with van der Waals surface area (Å²) >= 11 is 3.07. The van der Waals surface area contributed by atoms with Gasteiger partial charge in [-0.05, 0) is 54.0 Å². The highest BCUT2D eigenvalue weighted by molar-refractivity contribution is 9.10. The highest BCUT2D eigenvalue weighted by Crippen LogP contribution is 2.29. The van der Waals surface area contributed by atoms with Crippen LogP contribution in [0.4, 0.5) is 4.39 Å². The third-order valence-electron chi connectivity index (χ3n) is 2.75. The van der Waals surface area contributed by atoms with Crippen LogP contribution in [0.1, 0.15) is 18.4 Å². The van der Waals surface area contributed by atoms with Crippen molar-refractivity contribution in [1.82, 2.24) is 5.32 Å². The average Bonchev–Trinajstić information content (AvgIpc) is 2.37. The lowest BCUT2D eigenvalue weighted by molar-refractivity contribution is 0.155. The van der Waals surface area contributed by atoms with E-state index in [9.17, 15) is 4.39 Å². The minimum absolute atomic E-state index is 0.0468. The molecule has 1 aliphatic rings. The third kappa shape index (κ3) is 2.76. The van der Waals surface area contributed by atoms with Crippen molar-refractivity contribution in [2.75, 3.05) is 13.1 Å². The zero-order valence-corrected chi connectivity index (χ0v) is 10.8. The van der Waals surface area contributed by atoms with Gasteiger partial charge in [-0.2, -0.15) is 5.26 Å². The van der Waals surface area contributed by atoms with Crippen molar-refractivity contribution in [3.63, 3.8) is 0 Å². The lowest BCUT2D eigenvalue weighted by Crippen LogP contribution is -2.34. The number of nitriles is 1. The van der Waals surface area contributed by atoms with Crippen molar-refractivity contribution < 1.29 is 9.13 Å². The topological polar surface area (TPSA) is 45.0 Å². The standard InChI is InChI=1S/C12H12BrFN2O/c13-11-8(7-15)1-2-10(12(11)14)17-9-3-5-16-6-4-9/h1-2,9,16H,3-6H2. The second-order valence-electron chi connectivity index (χ2n) is 3.92. The fraction of sp³-hybridized carbons (Fsp3) is 0.417. The first-order valence-corrected chi connectivity index (χ1v) is 6.27. The summed E-state index contributed by atoms with van der Waals surface area (Å²) in [6.07, 6.45) is 1.79. The normalized spacial score (nSPS) is 16.5. The highest BCUT2D eigenvalue weighted by Gasteiger charge is 2.18. The van der Waals surface area contributed by atoms with E-state index in [2.05, 4.69) is 21.2 Å². The third-order valence-corrected chi connectivity index (χ3v) is 3.52. The van der Waals surface area contributed by atoms with E-state index in [0.717, 1.165) is 25.9 Å². The molecule has 1 fully saturated rings. The summed E-state index contributed by atoms with van der Waals surface area (Å²) < 4.78 is 19.7. The van der Waals surface area contributed by atoms with Gasteiger partial charge in [-0.1, -0.05) is 0 Å². The van der Waals surface area contributed by atoms with Crippen LogP contribution in [0.5, 0.6) is 5.75 Å². The summed E-state index contributed by atoms with van der Waals surface area (Å²) in [4.78, 5) is 0. The Morgan fingerprint density at radius 1 is 1.41 bits per heavy atom. The van der Waals surface area contributed by atoms with E-state index in [1.807, 2.05) is 6.07 Å². The Morgan fingerprint density at radius 3 is 2.76 bits per heavy atom. The Balaban J connectivity index is 2.16. The Morgan fingerprint density at radius 2 is 2.12 bits per heavy atom. The molecule has 0 saturated carbocycles. The molecule has 0 aliphatic carbocycles. The van der Waals surface area contributed by atoms with Gasteiger partial charge < -0.3 is 10.1 Å². The number of hydrogen-bond acceptors (Lipinski definition) is 3. The molecule has 1 N–H and O–H groups in total. The van der Waals surface area contributed by atoms with Gasteiger partial charge in [0.05, 0.1) is 10.0 Å². The summed E-state index contributed by atoms with van der Waals surface area (Å²) in [7, 11) is 0. The first-order chi connectivity index (χ1) is 8.22. The van der Waals surface area contributed by atoms with Gasteiger partial charge in [-0.25, -0.2) is 4.39 Å². The molecule has 1 aliphatic heterocycles. The summed E-state index contributed by atoms with van der Waals surface area (Å²) in [6.45, 7) is 1.79. The molecule has 3 nitrogen and oxygen atoms in total. The molecule has 5 heteroatoms. The van der Waals surface area contributed by atoms with Crippen LogP contribution in [0.2, 0.25) is 0 Å². The molecule has 2 rings (SSSR count). The average molecular weight is 299 g/mol. The molecule has 0 amide bonds. The quantitative estimate of drug-likeness (QED) is 0.913. The van der Waals surface area contributed by atoms with E-state index in [4.69, 9.17) is 10.00 Å². The second kappa shape index (κ2) is 5.48. The Bertz CT molecular complexity index is 453. The zero-order chi connectivity index (χ0) is 12.3. The smallest absolute Gasteiger partial charge is 0.180 e. The van der Waals surface area contributed by atoms with Gasteiger partial charge in [0, 0.05) is 0 Å². The molecular formula is C12H12BrFN2O. The molecule has 0 spiro atoms. The summed E-state index contributed by atoms with van der Waals surface area (Å²) in [5.74, 6) is -0.287. The zero-order valence-electron chi connectivity index (χ0n) is 9.17. The second-order valence-corrected chi connectivity index (χ2v) is 4.71. The number of nitrogens with one attached hydrogen (secondary N) is 1. The minimum Gasteiger partial charge on any atom is -0.487 e. The molecule has 0 bridgehead atoms. The number of benzene rings is 1. The van der Waals surface area contributed by atoms with Crippen molar-refractivity contribution >= 4 is 15.9 Å². The molecule has 0 aromatic heterocycles. The SMILES string of the molecule is N#Cc1ccc(OC2CCNCC2)c(F)c1Br. The maximum Gasteiger partial charge on any atom is 0.180 e. The number of halogens is 2. The molecule has 0 atom stereocenters. The fourth-order valence-electron chi connectivity index (χ4n) is 1.80. The van der Waals surface area contributed by atoms with Crippen molar-refractivity contribution in [3.05, 3.63) is 28.0 Å². The predicted molar refractivity (Wildman–Crippen MR) is 65.3 cm³/mol. The summed E-state index contributed by atoms with van der Waals surface area (Å²) in [6, 6.07) is 4.99. The van der Waals surface area contributed by atoms with Gasteiger partial charge in [0.25, 0.3) is 0 Å². The molecule has 1 saturated heterocycles. The van der Waals surface area contributed by atoms with Gasteiger partial charge >= 0.3 is 0 Å². The van der Waals surface area contributed by atoms with Crippen LogP contribution in [0.15, 0.2) is 16.6 Å². The largest absolute Gasteiger partial charge is 0.487 e. The first-order valence-electron chi connectivity index (χ1n) is 5.48. The van der Waals surface area contributed by atoms with Gasteiger partial charge in [-0.15, -0.1) is 0 Å². The van der Waals surface area contributed by atoms with E-state index >= 15 is 0 Å². The summed E-state index contributed by atoms with van der Waals surface area (Å²) in [5.41, 5.74) is 0.278. The van der Waals surface area contributed by atoms with Gasteiger partial charge in [-0.3, -0.25) is 0 Å². The highest BCUT2D eigenvalue weighted by atomic mass is 79.9. The lowest BCUT2D eigenvalue weighted by Gasteiger charge is -2.24. The number of rotatable bonds is 2. The van der Waals surface area contributed by atoms with E-state index in [-0.39, 0.29) is 21.9 Å². The summed E-state index contributed by atoms with van der Waals surface area (Å²) in [5, 5.41) is 12.0. The van der Waals surface area contributed by atoms with Crippen LogP contribution >= 0.6 is 15.9 Å². The number of ether oxygens (including phenoxy) is 1. The molecule has 1 aromatic rings. The Hall–Kier alpha value is -1.12. The first kappa shape index (κ1) is 12.3. The van der Waals surface area contributed by atoms with E-state index < -0.39 is 5.82 Å². The Labute approximate surface area is 108 Å². The van der Waals surface area contributed by atoms with Crippen LogP contribution in [0, 0.1) is 17.1 Å². The molecule has 1 aromatic carbocycles. The minimum atomic E-state index is -0.498. The maximum atomic E-state index is 13.9. The van der Waals surface area contributed by atoms with Crippen LogP contribution < -0.4 is 10.1 Å². The molecule has 90 valence electrons. The number of piperidine rings is 1. The molecule has 1 heterocycles. The number of hydrogen-bond donors (Lipinski definition) is 1. The van der Waals surface area contributed by atoms with E-state index in [0.29, 0.717) is 0 Å². The van der Waals surface area contributed by atoms with Crippen molar-refractivity contribution in [2.45, 2.75) is 18.9 Å². The van der Waals surface area contributed by atoms with Crippen molar-refractivity contribution in [3.8, 4) is 11.8 Å². The van der Waals surface area contributed by atoms with Crippen LogP contribution in [0.3, 0.4) is 0 Å². The van der Waals surface area contributed by atoms with Gasteiger partial charge in [0.15, 0.2) is 11.6 Å². The number of nitrogens with zero attached hydrogens (tertiary/aromatic N) is 1. The van der Waals surface area contributed by atoms with Gasteiger partial charge in [0.1, 0.15) is 12.2 Å². The Kier molecular flexibility index (Phi) is 3.97. The van der Waals surface area contributed by atoms with E-state index in [1.54, 1.807) is 6.07 Å². The van der Waals surface area contributed by atoms with Crippen LogP contribution in [-0.4, -0.2) is 19.2 Å². The van der Waals surface area contributed by atoms with Crippen LogP contribution in [0.25, 0.3) is 0 Å².